The van der Waals surface area contributed by atoms with E-state index in [4.69, 9.17) is 9.72 Å². The van der Waals surface area contributed by atoms with Crippen molar-refractivity contribution < 1.29 is 9.53 Å². The van der Waals surface area contributed by atoms with Crippen molar-refractivity contribution in [2.45, 2.75) is 37.8 Å². The Kier molecular flexibility index (Phi) is 4.52. The van der Waals surface area contributed by atoms with Crippen LogP contribution in [-0.2, 0) is 4.74 Å². The van der Waals surface area contributed by atoms with Crippen LogP contribution in [0.15, 0.2) is 60.3 Å². The molecule has 5 aromatic rings. The lowest BCUT2D eigenvalue weighted by Gasteiger charge is -2.28. The van der Waals surface area contributed by atoms with Crippen LogP contribution in [0.3, 0.4) is 0 Å². The number of nitrogens with zero attached hydrogens (tertiary/aromatic N) is 7. The Morgan fingerprint density at radius 1 is 1.09 bits per heavy atom. The first-order valence-electron chi connectivity index (χ1n) is 10.8. The molecule has 0 spiro atoms. The highest BCUT2D eigenvalue weighted by molar-refractivity contribution is 5.77. The number of hydrogen-bond acceptors (Lipinski definition) is 7. The quantitative estimate of drug-likeness (QED) is 0.453. The Balaban J connectivity index is 1.26. The van der Waals surface area contributed by atoms with Gasteiger partial charge in [-0.25, -0.2) is 29.1 Å². The smallest absolute Gasteiger partial charge is 0.419 e. The number of para-hydroxylation sites is 2. The van der Waals surface area contributed by atoms with Crippen LogP contribution in [0.1, 0.15) is 31.7 Å². The molecule has 11 heteroatoms. The lowest BCUT2D eigenvalue weighted by Crippen LogP contribution is -2.31. The number of hydrogen-bond donors (Lipinski definition) is 1. The van der Waals surface area contributed by atoms with Crippen LogP contribution in [0, 0.1) is 0 Å². The third-order valence-electron chi connectivity index (χ3n) is 6.11. The van der Waals surface area contributed by atoms with E-state index < -0.39 is 6.09 Å². The Bertz CT molecular complexity index is 1510. The molecule has 4 aromatic heterocycles. The van der Waals surface area contributed by atoms with Gasteiger partial charge in [0.1, 0.15) is 24.3 Å². The first kappa shape index (κ1) is 19.4. The van der Waals surface area contributed by atoms with Crippen LogP contribution < -0.4 is 5.69 Å². The van der Waals surface area contributed by atoms with Gasteiger partial charge in [0.15, 0.2) is 5.65 Å². The summed E-state index contributed by atoms with van der Waals surface area (Å²) in [6.45, 7) is 0. The zero-order valence-corrected chi connectivity index (χ0v) is 17.5. The number of aromatic amines is 1. The number of fused-ring (bicyclic) bond motifs is 2. The van der Waals surface area contributed by atoms with E-state index in [2.05, 4.69) is 19.9 Å². The first-order chi connectivity index (χ1) is 16.2. The fourth-order valence-corrected chi connectivity index (χ4v) is 4.47. The third-order valence-corrected chi connectivity index (χ3v) is 6.11. The van der Waals surface area contributed by atoms with Crippen molar-refractivity contribution in [1.82, 2.24) is 38.6 Å². The van der Waals surface area contributed by atoms with Gasteiger partial charge in [0.05, 0.1) is 17.2 Å². The van der Waals surface area contributed by atoms with Crippen LogP contribution in [0.25, 0.3) is 28.1 Å². The lowest BCUT2D eigenvalue weighted by molar-refractivity contribution is 0.0665. The SMILES string of the molecule is O=C(O[C@H]1CC[C@H](n2c(=O)[nH]c3cnc(-n4cnc5ccccc54)nc32)CC1)n1ccnc1. The predicted octanol–water partition coefficient (Wildman–Crippen LogP) is 2.82. The molecule has 11 nitrogen and oxygen atoms in total. The Morgan fingerprint density at radius 3 is 2.76 bits per heavy atom. The maximum atomic E-state index is 12.8. The summed E-state index contributed by atoms with van der Waals surface area (Å²) in [5, 5.41) is 0. The molecule has 0 unspecified atom stereocenters. The van der Waals surface area contributed by atoms with Gasteiger partial charge in [-0.2, -0.15) is 4.98 Å². The van der Waals surface area contributed by atoms with E-state index in [1.165, 1.54) is 17.1 Å². The maximum Gasteiger partial charge on any atom is 0.419 e. The molecule has 0 radical (unpaired) electrons. The van der Waals surface area contributed by atoms with Gasteiger partial charge in [-0.1, -0.05) is 12.1 Å². The van der Waals surface area contributed by atoms with Crippen LogP contribution in [0.5, 0.6) is 0 Å². The number of rotatable bonds is 3. The van der Waals surface area contributed by atoms with Crippen LogP contribution in [0.2, 0.25) is 0 Å². The minimum absolute atomic E-state index is 0.0447. The zero-order chi connectivity index (χ0) is 22.4. The standard InChI is InChI=1S/C22H20N8O3/c31-21-26-17-11-24-20(29-13-25-16-3-1-2-4-18(16)29)27-19(17)30(21)14-5-7-15(8-6-14)33-22(32)28-10-9-23-12-28/h1-4,9-15H,5-8H2,(H,26,31)/t14-,15-. The summed E-state index contributed by atoms with van der Waals surface area (Å²) < 4.78 is 10.4. The van der Waals surface area contributed by atoms with E-state index in [0.717, 1.165) is 11.0 Å². The number of aromatic nitrogens is 8. The number of ether oxygens (including phenoxy) is 1. The highest BCUT2D eigenvalue weighted by Gasteiger charge is 2.28. The molecule has 1 aliphatic rings. The van der Waals surface area contributed by atoms with Crippen molar-refractivity contribution in [3.8, 4) is 5.95 Å². The minimum Gasteiger partial charge on any atom is -0.446 e. The second kappa shape index (κ2) is 7.69. The number of H-pyrrole nitrogens is 1. The summed E-state index contributed by atoms with van der Waals surface area (Å²) in [5.41, 5.74) is 2.66. The van der Waals surface area contributed by atoms with Gasteiger partial charge in [0.25, 0.3) is 0 Å². The van der Waals surface area contributed by atoms with Crippen molar-refractivity contribution in [2.75, 3.05) is 0 Å². The Labute approximate surface area is 186 Å². The number of carbonyl (C=O) groups is 1. The molecule has 1 saturated carbocycles. The molecular formula is C22H20N8O3. The molecule has 33 heavy (non-hydrogen) atoms. The predicted molar refractivity (Wildman–Crippen MR) is 118 cm³/mol. The molecule has 1 N–H and O–H groups in total. The topological polar surface area (TPSA) is 126 Å². The van der Waals surface area contributed by atoms with E-state index >= 15 is 0 Å². The van der Waals surface area contributed by atoms with Gasteiger partial charge in [-0.3, -0.25) is 9.13 Å². The van der Waals surface area contributed by atoms with Gasteiger partial charge in [-0.15, -0.1) is 0 Å². The number of benzene rings is 1. The van der Waals surface area contributed by atoms with Crippen molar-refractivity contribution >= 4 is 28.3 Å². The largest absolute Gasteiger partial charge is 0.446 e. The normalized spacial score (nSPS) is 18.7. The van der Waals surface area contributed by atoms with Crippen LogP contribution in [-0.4, -0.2) is 50.8 Å². The van der Waals surface area contributed by atoms with Gasteiger partial charge >= 0.3 is 11.8 Å². The van der Waals surface area contributed by atoms with Crippen molar-refractivity contribution in [3.63, 3.8) is 0 Å². The van der Waals surface area contributed by atoms with E-state index in [0.29, 0.717) is 42.8 Å². The molecule has 0 bridgehead atoms. The van der Waals surface area contributed by atoms with Crippen LogP contribution >= 0.6 is 0 Å². The number of nitrogens with one attached hydrogen (secondary N) is 1. The zero-order valence-electron chi connectivity index (χ0n) is 17.5. The molecule has 6 rings (SSSR count). The molecule has 4 heterocycles. The maximum absolute atomic E-state index is 12.8. The molecule has 0 aliphatic heterocycles. The first-order valence-corrected chi connectivity index (χ1v) is 10.8. The highest BCUT2D eigenvalue weighted by atomic mass is 16.6. The second-order valence-corrected chi connectivity index (χ2v) is 8.09. The molecule has 1 aromatic carbocycles. The molecule has 0 atom stereocenters. The highest BCUT2D eigenvalue weighted by Crippen LogP contribution is 2.31. The third kappa shape index (κ3) is 3.37. The summed E-state index contributed by atoms with van der Waals surface area (Å²) in [6.07, 6.45) is 9.89. The molecule has 1 fully saturated rings. The van der Waals surface area contributed by atoms with Gasteiger partial charge in [0.2, 0.25) is 5.95 Å². The Morgan fingerprint density at radius 2 is 1.94 bits per heavy atom. The van der Waals surface area contributed by atoms with Gasteiger partial charge < -0.3 is 9.72 Å². The Hall–Kier alpha value is -4.28. The average molecular weight is 444 g/mol. The molecule has 0 amide bonds. The molecular weight excluding hydrogens is 424 g/mol. The second-order valence-electron chi connectivity index (χ2n) is 8.09. The van der Waals surface area contributed by atoms with E-state index in [1.807, 2.05) is 28.8 Å². The van der Waals surface area contributed by atoms with Crippen molar-refractivity contribution in [2.24, 2.45) is 0 Å². The fourth-order valence-electron chi connectivity index (χ4n) is 4.47. The van der Waals surface area contributed by atoms with E-state index in [1.54, 1.807) is 23.3 Å². The molecule has 1 aliphatic carbocycles. The lowest BCUT2D eigenvalue weighted by atomic mass is 9.93. The summed E-state index contributed by atoms with van der Waals surface area (Å²) >= 11 is 0. The minimum atomic E-state index is -0.440. The molecule has 0 saturated heterocycles. The number of imidazole rings is 3. The summed E-state index contributed by atoms with van der Waals surface area (Å²) in [4.78, 5) is 45.2. The summed E-state index contributed by atoms with van der Waals surface area (Å²) in [6, 6.07) is 7.69. The number of carbonyl (C=O) groups excluding carboxylic acids is 1. The van der Waals surface area contributed by atoms with E-state index in [-0.39, 0.29) is 17.8 Å². The summed E-state index contributed by atoms with van der Waals surface area (Å²) in [7, 11) is 0. The molecule has 166 valence electrons. The van der Waals surface area contributed by atoms with Gasteiger partial charge in [0, 0.05) is 18.4 Å². The monoisotopic (exact) mass is 444 g/mol. The summed E-state index contributed by atoms with van der Waals surface area (Å²) in [5.74, 6) is 0.451. The van der Waals surface area contributed by atoms with Crippen molar-refractivity contribution in [3.05, 3.63) is 66.0 Å². The van der Waals surface area contributed by atoms with Gasteiger partial charge in [-0.05, 0) is 37.8 Å². The van der Waals surface area contributed by atoms with Crippen LogP contribution in [0.4, 0.5) is 4.79 Å². The van der Waals surface area contributed by atoms with E-state index in [9.17, 15) is 9.59 Å². The van der Waals surface area contributed by atoms with Crippen molar-refractivity contribution in [1.29, 1.82) is 0 Å². The fraction of sp³-hybridized carbons (Fsp3) is 0.273. The average Bonchev–Trinajstić information content (AvgIpc) is 3.57.